The van der Waals surface area contributed by atoms with Gasteiger partial charge in [-0.2, -0.15) is 0 Å². The van der Waals surface area contributed by atoms with Crippen molar-refractivity contribution in [3.05, 3.63) is 16.7 Å². The van der Waals surface area contributed by atoms with E-state index >= 15 is 0 Å². The maximum absolute atomic E-state index is 10.4. The van der Waals surface area contributed by atoms with Crippen LogP contribution >= 0.6 is 11.6 Å². The molecule has 0 spiro atoms. The van der Waals surface area contributed by atoms with E-state index in [0.29, 0.717) is 42.2 Å². The molecule has 0 amide bonds. The Morgan fingerprint density at radius 2 is 2.20 bits per heavy atom. The molecule has 5 nitrogen and oxygen atoms in total. The SMILES string of the molecule is CN1CC(CN)CC1c1c(O)c(Cl)cc2c1OCCO2. The summed E-state index contributed by atoms with van der Waals surface area (Å²) >= 11 is 6.12. The molecule has 3 rings (SSSR count). The lowest BCUT2D eigenvalue weighted by Gasteiger charge is -2.27. The van der Waals surface area contributed by atoms with E-state index in [0.717, 1.165) is 18.5 Å². The van der Waals surface area contributed by atoms with Gasteiger partial charge in [0, 0.05) is 18.7 Å². The second-order valence-electron chi connectivity index (χ2n) is 5.44. The zero-order valence-corrected chi connectivity index (χ0v) is 12.2. The first kappa shape index (κ1) is 13.8. The van der Waals surface area contributed by atoms with Crippen molar-refractivity contribution in [1.82, 2.24) is 4.90 Å². The number of benzene rings is 1. The van der Waals surface area contributed by atoms with Crippen LogP contribution < -0.4 is 15.2 Å². The molecule has 1 fully saturated rings. The third-order valence-corrected chi connectivity index (χ3v) is 4.38. The molecule has 6 heteroatoms. The van der Waals surface area contributed by atoms with E-state index in [2.05, 4.69) is 4.90 Å². The summed E-state index contributed by atoms with van der Waals surface area (Å²) in [5.74, 6) is 1.74. The van der Waals surface area contributed by atoms with Crippen molar-refractivity contribution in [3.63, 3.8) is 0 Å². The molecule has 20 heavy (non-hydrogen) atoms. The Morgan fingerprint density at radius 1 is 1.45 bits per heavy atom. The fourth-order valence-corrected chi connectivity index (χ4v) is 3.29. The number of aromatic hydroxyl groups is 1. The van der Waals surface area contributed by atoms with Crippen molar-refractivity contribution in [3.8, 4) is 17.2 Å². The number of phenolic OH excluding ortho intramolecular Hbond substituents is 1. The molecular formula is C14H19ClN2O3. The summed E-state index contributed by atoms with van der Waals surface area (Å²) in [5, 5.41) is 10.7. The minimum Gasteiger partial charge on any atom is -0.506 e. The molecule has 0 aromatic heterocycles. The van der Waals surface area contributed by atoms with E-state index in [1.54, 1.807) is 6.07 Å². The molecule has 1 aromatic carbocycles. The lowest BCUT2D eigenvalue weighted by atomic mass is 9.97. The number of phenols is 1. The highest BCUT2D eigenvalue weighted by molar-refractivity contribution is 6.32. The number of likely N-dealkylation sites (tertiary alicyclic amines) is 1. The topological polar surface area (TPSA) is 68.0 Å². The first-order chi connectivity index (χ1) is 9.61. The molecular weight excluding hydrogens is 280 g/mol. The van der Waals surface area contributed by atoms with E-state index in [-0.39, 0.29) is 11.8 Å². The predicted molar refractivity (Wildman–Crippen MR) is 76.6 cm³/mol. The smallest absolute Gasteiger partial charge is 0.169 e. The highest BCUT2D eigenvalue weighted by Crippen LogP contribution is 2.50. The fraction of sp³-hybridized carbons (Fsp3) is 0.571. The first-order valence-corrected chi connectivity index (χ1v) is 7.21. The summed E-state index contributed by atoms with van der Waals surface area (Å²) in [6.45, 7) is 2.53. The minimum atomic E-state index is 0.0534. The van der Waals surface area contributed by atoms with E-state index < -0.39 is 0 Å². The number of hydrogen-bond acceptors (Lipinski definition) is 5. The lowest BCUT2D eigenvalue weighted by Crippen LogP contribution is -2.22. The van der Waals surface area contributed by atoms with E-state index in [9.17, 15) is 5.11 Å². The third-order valence-electron chi connectivity index (χ3n) is 4.10. The number of nitrogens with two attached hydrogens (primary N) is 1. The summed E-state index contributed by atoms with van der Waals surface area (Å²) in [6, 6.07) is 1.67. The average molecular weight is 299 g/mol. The molecule has 2 heterocycles. The van der Waals surface area contributed by atoms with Gasteiger partial charge in [-0.05, 0) is 25.9 Å². The molecule has 2 aliphatic heterocycles. The summed E-state index contributed by atoms with van der Waals surface area (Å²) in [6.07, 6.45) is 0.886. The first-order valence-electron chi connectivity index (χ1n) is 6.83. The second kappa shape index (κ2) is 5.31. The molecule has 0 saturated carbocycles. The molecule has 2 aliphatic rings. The highest BCUT2D eigenvalue weighted by atomic mass is 35.5. The van der Waals surface area contributed by atoms with Gasteiger partial charge in [0.25, 0.3) is 0 Å². The zero-order valence-electron chi connectivity index (χ0n) is 11.4. The quantitative estimate of drug-likeness (QED) is 0.871. The van der Waals surface area contributed by atoms with Crippen LogP contribution in [0.25, 0.3) is 0 Å². The number of ether oxygens (including phenoxy) is 2. The predicted octanol–water partition coefficient (Wildman–Crippen LogP) is 1.77. The fourth-order valence-electron chi connectivity index (χ4n) is 3.09. The van der Waals surface area contributed by atoms with Crippen molar-refractivity contribution < 1.29 is 14.6 Å². The molecule has 1 saturated heterocycles. The van der Waals surface area contributed by atoms with Gasteiger partial charge in [-0.15, -0.1) is 0 Å². The normalized spacial score (nSPS) is 25.9. The van der Waals surface area contributed by atoms with Crippen LogP contribution in [0.15, 0.2) is 6.07 Å². The van der Waals surface area contributed by atoms with Gasteiger partial charge in [-0.1, -0.05) is 11.6 Å². The monoisotopic (exact) mass is 298 g/mol. The number of halogens is 1. The van der Waals surface area contributed by atoms with Gasteiger partial charge >= 0.3 is 0 Å². The van der Waals surface area contributed by atoms with Crippen LogP contribution in [0.5, 0.6) is 17.2 Å². The summed E-state index contributed by atoms with van der Waals surface area (Å²) < 4.78 is 11.3. The van der Waals surface area contributed by atoms with Crippen molar-refractivity contribution >= 4 is 11.6 Å². The molecule has 2 atom stereocenters. The van der Waals surface area contributed by atoms with Crippen LogP contribution in [0.3, 0.4) is 0 Å². The third kappa shape index (κ3) is 2.20. The van der Waals surface area contributed by atoms with Crippen molar-refractivity contribution in [2.75, 3.05) is 33.4 Å². The number of rotatable bonds is 2. The summed E-state index contributed by atoms with van der Waals surface area (Å²) in [4.78, 5) is 2.18. The summed E-state index contributed by atoms with van der Waals surface area (Å²) in [5.41, 5.74) is 6.50. The van der Waals surface area contributed by atoms with Crippen LogP contribution in [-0.4, -0.2) is 43.4 Å². The van der Waals surface area contributed by atoms with Gasteiger partial charge in [-0.25, -0.2) is 0 Å². The number of hydrogen-bond donors (Lipinski definition) is 2. The number of nitrogens with zero attached hydrogens (tertiary/aromatic N) is 1. The Kier molecular flexibility index (Phi) is 3.67. The Hall–Kier alpha value is -1.17. The van der Waals surface area contributed by atoms with Crippen LogP contribution in [0, 0.1) is 5.92 Å². The lowest BCUT2D eigenvalue weighted by molar-refractivity contribution is 0.164. The average Bonchev–Trinajstić information content (AvgIpc) is 2.81. The molecule has 2 unspecified atom stereocenters. The van der Waals surface area contributed by atoms with Gasteiger partial charge in [0.2, 0.25) is 0 Å². The Bertz CT molecular complexity index is 524. The van der Waals surface area contributed by atoms with Gasteiger partial charge in [0.1, 0.15) is 19.0 Å². The van der Waals surface area contributed by atoms with E-state index in [1.807, 2.05) is 7.05 Å². The van der Waals surface area contributed by atoms with Crippen LogP contribution in [-0.2, 0) is 0 Å². The van der Waals surface area contributed by atoms with Crippen LogP contribution in [0.1, 0.15) is 18.0 Å². The molecule has 0 radical (unpaired) electrons. The van der Waals surface area contributed by atoms with Crippen molar-refractivity contribution in [2.24, 2.45) is 11.7 Å². The Labute approximate surface area is 123 Å². The highest BCUT2D eigenvalue weighted by Gasteiger charge is 2.36. The van der Waals surface area contributed by atoms with Gasteiger partial charge in [0.15, 0.2) is 11.5 Å². The van der Waals surface area contributed by atoms with E-state index in [1.165, 1.54) is 0 Å². The molecule has 110 valence electrons. The van der Waals surface area contributed by atoms with Gasteiger partial charge < -0.3 is 20.3 Å². The standard InChI is InChI=1S/C14H19ClN2O3/c1-17-7-8(6-16)4-10(17)12-13(18)9(15)5-11-14(12)20-3-2-19-11/h5,8,10,18H,2-4,6-7,16H2,1H3. The Morgan fingerprint density at radius 3 is 2.90 bits per heavy atom. The zero-order chi connectivity index (χ0) is 14.3. The van der Waals surface area contributed by atoms with Gasteiger partial charge in [0.05, 0.1) is 10.6 Å². The van der Waals surface area contributed by atoms with Crippen LogP contribution in [0.4, 0.5) is 0 Å². The van der Waals surface area contributed by atoms with E-state index in [4.69, 9.17) is 26.8 Å². The molecule has 0 aliphatic carbocycles. The van der Waals surface area contributed by atoms with Crippen molar-refractivity contribution in [2.45, 2.75) is 12.5 Å². The molecule has 0 bridgehead atoms. The largest absolute Gasteiger partial charge is 0.506 e. The molecule has 1 aromatic rings. The van der Waals surface area contributed by atoms with Gasteiger partial charge in [-0.3, -0.25) is 4.90 Å². The maximum atomic E-state index is 10.4. The Balaban J connectivity index is 2.06. The van der Waals surface area contributed by atoms with Crippen molar-refractivity contribution in [1.29, 1.82) is 0 Å². The summed E-state index contributed by atoms with van der Waals surface area (Å²) in [7, 11) is 2.02. The minimum absolute atomic E-state index is 0.0534. The number of fused-ring (bicyclic) bond motifs is 1. The van der Waals surface area contributed by atoms with Crippen LogP contribution in [0.2, 0.25) is 5.02 Å². The second-order valence-corrected chi connectivity index (χ2v) is 5.84. The molecule has 3 N–H and O–H groups in total. The maximum Gasteiger partial charge on any atom is 0.169 e.